The van der Waals surface area contributed by atoms with Gasteiger partial charge in [0.1, 0.15) is 11.8 Å². The number of ether oxygens (including phenoxy) is 1. The number of imidazole rings is 1. The second-order valence-electron chi connectivity index (χ2n) is 3.82. The maximum absolute atomic E-state index is 11.6. The van der Waals surface area contributed by atoms with Gasteiger partial charge in [0.15, 0.2) is 0 Å². The molecule has 6 heteroatoms. The van der Waals surface area contributed by atoms with Crippen LogP contribution >= 0.6 is 0 Å². The van der Waals surface area contributed by atoms with Crippen LogP contribution in [-0.4, -0.2) is 29.1 Å². The molecule has 0 radical (unpaired) electrons. The van der Waals surface area contributed by atoms with Crippen molar-refractivity contribution < 1.29 is 13.9 Å². The van der Waals surface area contributed by atoms with E-state index >= 15 is 0 Å². The minimum absolute atomic E-state index is 0.309. The number of methoxy groups -OCH3 is 1. The van der Waals surface area contributed by atoms with E-state index in [1.807, 2.05) is 6.07 Å². The van der Waals surface area contributed by atoms with Crippen LogP contribution in [-0.2, 0) is 22.5 Å². The lowest BCUT2D eigenvalue weighted by molar-refractivity contribution is -0.143. The Kier molecular flexibility index (Phi) is 4.14. The minimum Gasteiger partial charge on any atom is -0.468 e. The molecule has 2 heterocycles. The largest absolute Gasteiger partial charge is 0.468 e. The fraction of sp³-hybridized carbons (Fsp3) is 0.333. The van der Waals surface area contributed by atoms with Crippen molar-refractivity contribution in [3.63, 3.8) is 0 Å². The molecule has 2 rings (SSSR count). The van der Waals surface area contributed by atoms with E-state index in [9.17, 15) is 4.79 Å². The fourth-order valence-electron chi connectivity index (χ4n) is 1.63. The first-order valence-electron chi connectivity index (χ1n) is 5.60. The molecule has 6 nitrogen and oxygen atoms in total. The Hall–Kier alpha value is -2.08. The van der Waals surface area contributed by atoms with Crippen LogP contribution in [0, 0.1) is 0 Å². The summed E-state index contributed by atoms with van der Waals surface area (Å²) in [5.74, 6) is 0.463. The van der Waals surface area contributed by atoms with Crippen molar-refractivity contribution in [1.82, 2.24) is 15.3 Å². The quantitative estimate of drug-likeness (QED) is 0.743. The van der Waals surface area contributed by atoms with Crippen molar-refractivity contribution in [3.8, 4) is 0 Å². The fourth-order valence-corrected chi connectivity index (χ4v) is 1.63. The smallest absolute Gasteiger partial charge is 0.323 e. The van der Waals surface area contributed by atoms with Gasteiger partial charge in [-0.15, -0.1) is 0 Å². The number of aromatic amines is 1. The van der Waals surface area contributed by atoms with E-state index in [0.717, 1.165) is 11.5 Å². The highest BCUT2D eigenvalue weighted by Gasteiger charge is 2.20. The topological polar surface area (TPSA) is 80.1 Å². The van der Waals surface area contributed by atoms with Crippen LogP contribution in [0.3, 0.4) is 0 Å². The molecule has 0 bridgehead atoms. The van der Waals surface area contributed by atoms with Gasteiger partial charge in [0.25, 0.3) is 0 Å². The van der Waals surface area contributed by atoms with E-state index < -0.39 is 6.04 Å². The zero-order valence-electron chi connectivity index (χ0n) is 10.1. The van der Waals surface area contributed by atoms with Crippen LogP contribution in [0.2, 0.25) is 0 Å². The molecular weight excluding hydrogens is 234 g/mol. The molecule has 0 aliphatic carbocycles. The van der Waals surface area contributed by atoms with Gasteiger partial charge in [0, 0.05) is 18.3 Å². The van der Waals surface area contributed by atoms with Crippen molar-refractivity contribution in [2.75, 3.05) is 7.11 Å². The van der Waals surface area contributed by atoms with Crippen molar-refractivity contribution in [2.24, 2.45) is 0 Å². The molecule has 18 heavy (non-hydrogen) atoms. The highest BCUT2D eigenvalue weighted by molar-refractivity contribution is 5.75. The Balaban J connectivity index is 1.94. The van der Waals surface area contributed by atoms with E-state index in [0.29, 0.717) is 13.0 Å². The summed E-state index contributed by atoms with van der Waals surface area (Å²) >= 11 is 0. The number of aromatic nitrogens is 2. The Morgan fingerprint density at radius 3 is 3.17 bits per heavy atom. The number of rotatable bonds is 6. The molecule has 0 saturated carbocycles. The molecule has 0 unspecified atom stereocenters. The van der Waals surface area contributed by atoms with Crippen LogP contribution < -0.4 is 5.32 Å². The summed E-state index contributed by atoms with van der Waals surface area (Å²) in [4.78, 5) is 18.5. The lowest BCUT2D eigenvalue weighted by Crippen LogP contribution is -2.39. The number of hydrogen-bond acceptors (Lipinski definition) is 5. The zero-order valence-corrected chi connectivity index (χ0v) is 10.1. The van der Waals surface area contributed by atoms with E-state index in [-0.39, 0.29) is 5.97 Å². The van der Waals surface area contributed by atoms with Gasteiger partial charge in [0.2, 0.25) is 0 Å². The molecule has 2 N–H and O–H groups in total. The minimum atomic E-state index is -0.430. The molecule has 96 valence electrons. The first kappa shape index (κ1) is 12.4. The maximum Gasteiger partial charge on any atom is 0.323 e. The van der Waals surface area contributed by atoms with Crippen LogP contribution in [0.15, 0.2) is 35.3 Å². The van der Waals surface area contributed by atoms with Crippen molar-refractivity contribution >= 4 is 5.97 Å². The number of carbonyl (C=O) groups is 1. The van der Waals surface area contributed by atoms with Crippen molar-refractivity contribution in [1.29, 1.82) is 0 Å². The van der Waals surface area contributed by atoms with Gasteiger partial charge >= 0.3 is 5.97 Å². The molecule has 0 aromatic carbocycles. The highest BCUT2D eigenvalue weighted by Crippen LogP contribution is 2.04. The summed E-state index contributed by atoms with van der Waals surface area (Å²) < 4.78 is 9.96. The zero-order chi connectivity index (χ0) is 12.8. The van der Waals surface area contributed by atoms with Crippen molar-refractivity contribution in [2.45, 2.75) is 19.0 Å². The van der Waals surface area contributed by atoms with Crippen molar-refractivity contribution in [3.05, 3.63) is 42.4 Å². The standard InChI is InChI=1S/C12H15N3O3/c1-17-12(16)11(5-9-6-13-8-15-9)14-7-10-3-2-4-18-10/h2-4,6,8,11,14H,5,7H2,1H3,(H,13,15)/t11-/m0/s1. The van der Waals surface area contributed by atoms with Gasteiger partial charge in [-0.3, -0.25) is 10.1 Å². The van der Waals surface area contributed by atoms with E-state index in [4.69, 9.17) is 9.15 Å². The Labute approximate surface area is 104 Å². The molecule has 2 aromatic rings. The number of esters is 1. The average Bonchev–Trinajstić information content (AvgIpc) is 3.06. The third-order valence-corrected chi connectivity index (χ3v) is 2.57. The second kappa shape index (κ2) is 6.02. The Bertz CT molecular complexity index is 465. The number of nitrogens with zero attached hydrogens (tertiary/aromatic N) is 1. The SMILES string of the molecule is COC(=O)[C@H](Cc1cnc[nH]1)NCc1ccco1. The number of furan rings is 1. The third kappa shape index (κ3) is 3.21. The highest BCUT2D eigenvalue weighted by atomic mass is 16.5. The summed E-state index contributed by atoms with van der Waals surface area (Å²) in [5, 5.41) is 3.10. The van der Waals surface area contributed by atoms with Crippen LogP contribution in [0.4, 0.5) is 0 Å². The molecule has 0 amide bonds. The maximum atomic E-state index is 11.6. The Morgan fingerprint density at radius 2 is 2.56 bits per heavy atom. The molecular formula is C12H15N3O3. The van der Waals surface area contributed by atoms with Gasteiger partial charge in [-0.25, -0.2) is 4.98 Å². The predicted molar refractivity (Wildman–Crippen MR) is 63.6 cm³/mol. The van der Waals surface area contributed by atoms with Gasteiger partial charge in [0.05, 0.1) is 26.2 Å². The molecule has 0 fully saturated rings. The predicted octanol–water partition coefficient (Wildman–Crippen LogP) is 0.877. The number of nitrogens with one attached hydrogen (secondary N) is 2. The first-order valence-corrected chi connectivity index (χ1v) is 5.60. The van der Waals surface area contributed by atoms with E-state index in [1.165, 1.54) is 7.11 Å². The second-order valence-corrected chi connectivity index (χ2v) is 3.82. The number of hydrogen-bond donors (Lipinski definition) is 2. The summed E-state index contributed by atoms with van der Waals surface area (Å²) in [5.41, 5.74) is 0.873. The molecule has 1 atom stereocenters. The molecule has 0 spiro atoms. The third-order valence-electron chi connectivity index (χ3n) is 2.57. The summed E-state index contributed by atoms with van der Waals surface area (Å²) in [7, 11) is 1.37. The lowest BCUT2D eigenvalue weighted by Gasteiger charge is -2.14. The summed E-state index contributed by atoms with van der Waals surface area (Å²) in [6, 6.07) is 3.22. The monoisotopic (exact) mass is 249 g/mol. The first-order chi connectivity index (χ1) is 8.79. The lowest BCUT2D eigenvalue weighted by atomic mass is 10.1. The van der Waals surface area contributed by atoms with Crippen LogP contribution in [0.1, 0.15) is 11.5 Å². The van der Waals surface area contributed by atoms with Crippen LogP contribution in [0.25, 0.3) is 0 Å². The van der Waals surface area contributed by atoms with Gasteiger partial charge < -0.3 is 14.1 Å². The van der Waals surface area contributed by atoms with Gasteiger partial charge in [-0.2, -0.15) is 0 Å². The summed E-state index contributed by atoms with van der Waals surface area (Å²) in [6.45, 7) is 0.473. The summed E-state index contributed by atoms with van der Waals surface area (Å²) in [6.07, 6.45) is 5.35. The molecule has 0 saturated heterocycles. The van der Waals surface area contributed by atoms with Crippen LogP contribution in [0.5, 0.6) is 0 Å². The average molecular weight is 249 g/mol. The van der Waals surface area contributed by atoms with E-state index in [1.54, 1.807) is 24.9 Å². The normalized spacial score (nSPS) is 12.3. The molecule has 0 aliphatic heterocycles. The molecule has 0 aliphatic rings. The van der Waals surface area contributed by atoms with Gasteiger partial charge in [-0.05, 0) is 12.1 Å². The van der Waals surface area contributed by atoms with Gasteiger partial charge in [-0.1, -0.05) is 0 Å². The van der Waals surface area contributed by atoms with E-state index in [2.05, 4.69) is 15.3 Å². The number of carbonyl (C=O) groups excluding carboxylic acids is 1. The Morgan fingerprint density at radius 1 is 1.67 bits per heavy atom. The molecule has 2 aromatic heterocycles. The number of H-pyrrole nitrogens is 1.